The Morgan fingerprint density at radius 2 is 2.14 bits per heavy atom. The van der Waals surface area contributed by atoms with Gasteiger partial charge < -0.3 is 15.2 Å². The van der Waals surface area contributed by atoms with Crippen molar-refractivity contribution in [2.45, 2.75) is 18.9 Å². The van der Waals surface area contributed by atoms with Gasteiger partial charge in [0.15, 0.2) is 0 Å². The molecule has 0 radical (unpaired) electrons. The molecule has 3 nitrogen and oxygen atoms in total. The maximum Gasteiger partial charge on any atom is 0.130 e. The van der Waals surface area contributed by atoms with E-state index in [0.717, 1.165) is 35.5 Å². The zero-order valence-electron chi connectivity index (χ0n) is 11.9. The quantitative estimate of drug-likeness (QED) is 0.941. The number of halogens is 1. The van der Waals surface area contributed by atoms with Gasteiger partial charge in [-0.05, 0) is 36.6 Å². The predicted molar refractivity (Wildman–Crippen MR) is 85.2 cm³/mol. The molecule has 2 aromatic rings. The number of para-hydroxylation sites is 1. The van der Waals surface area contributed by atoms with Gasteiger partial charge in [-0.1, -0.05) is 29.8 Å². The van der Waals surface area contributed by atoms with Crippen LogP contribution < -0.4 is 15.2 Å². The Bertz CT molecular complexity index is 657. The molecule has 0 spiro atoms. The van der Waals surface area contributed by atoms with E-state index in [4.69, 9.17) is 26.8 Å². The van der Waals surface area contributed by atoms with Crippen LogP contribution in [0.5, 0.6) is 11.5 Å². The smallest absolute Gasteiger partial charge is 0.130 e. The molecule has 1 aliphatic heterocycles. The van der Waals surface area contributed by atoms with Crippen molar-refractivity contribution in [3.8, 4) is 22.6 Å². The number of ether oxygens (including phenoxy) is 2. The standard InChI is InChI=1S/C17H18ClNO2/c1-20-16-8-6-12(18)9-15(16)14-4-2-3-11-5-7-13(10-19)21-17(11)14/h2-4,6,8-9,13H,5,7,10,19H2,1H3/t13-/m1/s1. The van der Waals surface area contributed by atoms with Crippen LogP contribution in [-0.2, 0) is 6.42 Å². The molecule has 1 atom stereocenters. The molecule has 110 valence electrons. The molecular formula is C17H18ClNO2. The van der Waals surface area contributed by atoms with E-state index in [2.05, 4.69) is 6.07 Å². The molecule has 2 aromatic carbocycles. The summed E-state index contributed by atoms with van der Waals surface area (Å²) in [7, 11) is 1.66. The Hall–Kier alpha value is -1.71. The lowest BCUT2D eigenvalue weighted by molar-refractivity contribution is 0.182. The molecule has 2 N–H and O–H groups in total. The van der Waals surface area contributed by atoms with Crippen molar-refractivity contribution in [3.05, 3.63) is 47.0 Å². The molecule has 0 fully saturated rings. The number of aryl methyl sites for hydroxylation is 1. The van der Waals surface area contributed by atoms with Gasteiger partial charge in [0.2, 0.25) is 0 Å². The minimum atomic E-state index is 0.0730. The van der Waals surface area contributed by atoms with Crippen LogP contribution in [0.1, 0.15) is 12.0 Å². The lowest BCUT2D eigenvalue weighted by atomic mass is 9.95. The van der Waals surface area contributed by atoms with E-state index in [9.17, 15) is 0 Å². The van der Waals surface area contributed by atoms with Crippen LogP contribution in [0.3, 0.4) is 0 Å². The van der Waals surface area contributed by atoms with Crippen molar-refractivity contribution >= 4 is 11.6 Å². The fourth-order valence-electron chi connectivity index (χ4n) is 2.73. The molecule has 3 rings (SSSR count). The first-order valence-corrected chi connectivity index (χ1v) is 7.43. The summed E-state index contributed by atoms with van der Waals surface area (Å²) < 4.78 is 11.5. The molecule has 4 heteroatoms. The molecule has 0 unspecified atom stereocenters. The Morgan fingerprint density at radius 3 is 2.90 bits per heavy atom. The lowest BCUT2D eigenvalue weighted by Gasteiger charge is -2.27. The topological polar surface area (TPSA) is 44.5 Å². The van der Waals surface area contributed by atoms with E-state index >= 15 is 0 Å². The van der Waals surface area contributed by atoms with Crippen LogP contribution in [0.2, 0.25) is 5.02 Å². The summed E-state index contributed by atoms with van der Waals surface area (Å²) >= 11 is 6.15. The molecule has 0 bridgehead atoms. The van der Waals surface area contributed by atoms with Crippen LogP contribution in [0, 0.1) is 0 Å². The zero-order valence-corrected chi connectivity index (χ0v) is 12.7. The summed E-state index contributed by atoms with van der Waals surface area (Å²) in [6, 6.07) is 11.8. The lowest BCUT2D eigenvalue weighted by Crippen LogP contribution is -2.30. The second kappa shape index (κ2) is 5.96. The summed E-state index contributed by atoms with van der Waals surface area (Å²) in [5, 5.41) is 0.676. The second-order valence-electron chi connectivity index (χ2n) is 5.15. The molecule has 1 heterocycles. The van der Waals surface area contributed by atoms with Gasteiger partial charge in [-0.3, -0.25) is 0 Å². The van der Waals surface area contributed by atoms with E-state index in [-0.39, 0.29) is 6.10 Å². The monoisotopic (exact) mass is 303 g/mol. The highest BCUT2D eigenvalue weighted by atomic mass is 35.5. The van der Waals surface area contributed by atoms with Gasteiger partial charge in [0.05, 0.1) is 7.11 Å². The number of fused-ring (bicyclic) bond motifs is 1. The zero-order chi connectivity index (χ0) is 14.8. The van der Waals surface area contributed by atoms with E-state index in [1.165, 1.54) is 5.56 Å². The number of nitrogens with two attached hydrogens (primary N) is 1. The largest absolute Gasteiger partial charge is 0.496 e. The van der Waals surface area contributed by atoms with Gasteiger partial charge in [-0.25, -0.2) is 0 Å². The minimum Gasteiger partial charge on any atom is -0.496 e. The number of hydrogen-bond donors (Lipinski definition) is 1. The van der Waals surface area contributed by atoms with E-state index in [0.29, 0.717) is 11.6 Å². The first-order valence-electron chi connectivity index (χ1n) is 7.05. The van der Waals surface area contributed by atoms with Crippen molar-refractivity contribution < 1.29 is 9.47 Å². The van der Waals surface area contributed by atoms with Crippen LogP contribution in [-0.4, -0.2) is 19.8 Å². The summed E-state index contributed by atoms with van der Waals surface area (Å²) in [6.07, 6.45) is 2.01. The fourth-order valence-corrected chi connectivity index (χ4v) is 2.90. The highest BCUT2D eigenvalue weighted by molar-refractivity contribution is 6.31. The highest BCUT2D eigenvalue weighted by Crippen LogP contribution is 2.42. The highest BCUT2D eigenvalue weighted by Gasteiger charge is 2.23. The first-order chi connectivity index (χ1) is 10.2. The molecular weight excluding hydrogens is 286 g/mol. The van der Waals surface area contributed by atoms with E-state index in [1.807, 2.05) is 30.3 Å². The van der Waals surface area contributed by atoms with Gasteiger partial charge in [-0.2, -0.15) is 0 Å². The third-order valence-electron chi connectivity index (χ3n) is 3.83. The number of hydrogen-bond acceptors (Lipinski definition) is 3. The van der Waals surface area contributed by atoms with E-state index < -0.39 is 0 Å². The van der Waals surface area contributed by atoms with Gasteiger partial charge in [0, 0.05) is 22.7 Å². The van der Waals surface area contributed by atoms with Gasteiger partial charge >= 0.3 is 0 Å². The van der Waals surface area contributed by atoms with Crippen molar-refractivity contribution in [1.29, 1.82) is 0 Å². The minimum absolute atomic E-state index is 0.0730. The number of rotatable bonds is 3. The Balaban J connectivity index is 2.14. The first kappa shape index (κ1) is 14.2. The normalized spacial score (nSPS) is 17.0. The van der Waals surface area contributed by atoms with Gasteiger partial charge in [0.25, 0.3) is 0 Å². The van der Waals surface area contributed by atoms with Crippen molar-refractivity contribution in [2.75, 3.05) is 13.7 Å². The van der Waals surface area contributed by atoms with Crippen LogP contribution >= 0.6 is 11.6 Å². The molecule has 0 saturated heterocycles. The van der Waals surface area contributed by atoms with Crippen LogP contribution in [0.25, 0.3) is 11.1 Å². The summed E-state index contributed by atoms with van der Waals surface area (Å²) in [4.78, 5) is 0. The molecule has 1 aliphatic rings. The maximum atomic E-state index is 6.15. The molecule has 0 saturated carbocycles. The SMILES string of the molecule is COc1ccc(Cl)cc1-c1cccc2c1O[C@@H](CN)CC2. The van der Waals surface area contributed by atoms with Crippen molar-refractivity contribution in [2.24, 2.45) is 5.73 Å². The third-order valence-corrected chi connectivity index (χ3v) is 4.07. The Kier molecular flexibility index (Phi) is 4.04. The number of methoxy groups -OCH3 is 1. The maximum absolute atomic E-state index is 6.15. The average Bonchev–Trinajstić information content (AvgIpc) is 2.53. The van der Waals surface area contributed by atoms with E-state index in [1.54, 1.807) is 7.11 Å². The third kappa shape index (κ3) is 2.71. The molecule has 0 amide bonds. The van der Waals surface area contributed by atoms with Crippen LogP contribution in [0.4, 0.5) is 0 Å². The van der Waals surface area contributed by atoms with Crippen LogP contribution in [0.15, 0.2) is 36.4 Å². The summed E-state index contributed by atoms with van der Waals surface area (Å²) in [5.74, 6) is 1.69. The Labute approximate surface area is 129 Å². The average molecular weight is 304 g/mol. The van der Waals surface area contributed by atoms with Crippen molar-refractivity contribution in [1.82, 2.24) is 0 Å². The Morgan fingerprint density at radius 1 is 1.29 bits per heavy atom. The van der Waals surface area contributed by atoms with Crippen molar-refractivity contribution in [3.63, 3.8) is 0 Å². The summed E-state index contributed by atoms with van der Waals surface area (Å²) in [5.41, 5.74) is 8.91. The van der Waals surface area contributed by atoms with Gasteiger partial charge in [0.1, 0.15) is 17.6 Å². The fraction of sp³-hybridized carbons (Fsp3) is 0.294. The molecule has 0 aromatic heterocycles. The van der Waals surface area contributed by atoms with Gasteiger partial charge in [-0.15, -0.1) is 0 Å². The predicted octanol–water partition coefficient (Wildman–Crippen LogP) is 3.67. The molecule has 0 aliphatic carbocycles. The molecule has 21 heavy (non-hydrogen) atoms. The summed E-state index contributed by atoms with van der Waals surface area (Å²) in [6.45, 7) is 0.528. The second-order valence-corrected chi connectivity index (χ2v) is 5.59. The number of benzene rings is 2.